The summed E-state index contributed by atoms with van der Waals surface area (Å²) in [4.78, 5) is 23.6. The summed E-state index contributed by atoms with van der Waals surface area (Å²) in [6.45, 7) is 3.96. The van der Waals surface area contributed by atoms with E-state index in [4.69, 9.17) is 4.74 Å². The van der Waals surface area contributed by atoms with Crippen molar-refractivity contribution in [3.8, 4) is 0 Å². The number of carbonyl (C=O) groups is 2. The van der Waals surface area contributed by atoms with Crippen molar-refractivity contribution in [2.45, 2.75) is 19.6 Å². The van der Waals surface area contributed by atoms with Crippen LogP contribution in [0.25, 0.3) is 0 Å². The molecule has 5 heteroatoms. The predicted molar refractivity (Wildman–Crippen MR) is 98.5 cm³/mol. The standard InChI is InChI=1S/C19H21NO3S/c1-13-6-4-7-14(2)18(13)20-17(21)12-24-11-15-8-5-9-16(10-15)19(22)23-3/h4-10H,11-12H2,1-3H3,(H,20,21). The summed E-state index contributed by atoms with van der Waals surface area (Å²) in [5, 5.41) is 2.97. The van der Waals surface area contributed by atoms with E-state index in [0.29, 0.717) is 17.1 Å². The van der Waals surface area contributed by atoms with Gasteiger partial charge in [-0.2, -0.15) is 0 Å². The summed E-state index contributed by atoms with van der Waals surface area (Å²) in [5.74, 6) is 0.637. The third kappa shape index (κ3) is 4.86. The average molecular weight is 343 g/mol. The summed E-state index contributed by atoms with van der Waals surface area (Å²) >= 11 is 1.51. The molecule has 2 aromatic carbocycles. The Labute approximate surface area is 146 Å². The molecule has 0 saturated carbocycles. The summed E-state index contributed by atoms with van der Waals surface area (Å²) in [5.41, 5.74) is 4.51. The Kier molecular flexibility index (Phi) is 6.44. The van der Waals surface area contributed by atoms with E-state index in [1.54, 1.807) is 12.1 Å². The number of aryl methyl sites for hydroxylation is 2. The van der Waals surface area contributed by atoms with E-state index in [2.05, 4.69) is 5.32 Å². The Bertz CT molecular complexity index is 723. The van der Waals surface area contributed by atoms with Crippen molar-refractivity contribution in [2.75, 3.05) is 18.2 Å². The summed E-state index contributed by atoms with van der Waals surface area (Å²) in [7, 11) is 1.36. The lowest BCUT2D eigenvalue weighted by atomic mass is 10.1. The Morgan fingerprint density at radius 3 is 2.42 bits per heavy atom. The van der Waals surface area contributed by atoms with E-state index in [9.17, 15) is 9.59 Å². The van der Waals surface area contributed by atoms with E-state index in [0.717, 1.165) is 22.4 Å². The van der Waals surface area contributed by atoms with E-state index in [-0.39, 0.29) is 11.9 Å². The van der Waals surface area contributed by atoms with Crippen LogP contribution in [0.1, 0.15) is 27.0 Å². The molecule has 0 spiro atoms. The average Bonchev–Trinajstić information content (AvgIpc) is 2.58. The van der Waals surface area contributed by atoms with Gasteiger partial charge < -0.3 is 10.1 Å². The van der Waals surface area contributed by atoms with Gasteiger partial charge >= 0.3 is 5.97 Å². The van der Waals surface area contributed by atoms with Gasteiger partial charge in [-0.3, -0.25) is 4.79 Å². The minimum Gasteiger partial charge on any atom is -0.465 e. The van der Waals surface area contributed by atoms with Gasteiger partial charge in [-0.25, -0.2) is 4.79 Å². The maximum absolute atomic E-state index is 12.1. The van der Waals surface area contributed by atoms with Gasteiger partial charge in [-0.05, 0) is 42.7 Å². The molecule has 1 amide bonds. The highest BCUT2D eigenvalue weighted by Crippen LogP contribution is 2.20. The van der Waals surface area contributed by atoms with Crippen molar-refractivity contribution >= 4 is 29.3 Å². The monoisotopic (exact) mass is 343 g/mol. The highest BCUT2D eigenvalue weighted by molar-refractivity contribution is 7.99. The van der Waals surface area contributed by atoms with Crippen molar-refractivity contribution in [2.24, 2.45) is 0 Å². The van der Waals surface area contributed by atoms with Crippen LogP contribution in [-0.4, -0.2) is 24.7 Å². The first-order chi connectivity index (χ1) is 11.5. The zero-order valence-corrected chi connectivity index (χ0v) is 14.9. The molecule has 0 heterocycles. The van der Waals surface area contributed by atoms with Gasteiger partial charge in [0.05, 0.1) is 18.4 Å². The summed E-state index contributed by atoms with van der Waals surface area (Å²) in [6.07, 6.45) is 0. The molecular formula is C19H21NO3S. The van der Waals surface area contributed by atoms with Gasteiger partial charge in [0, 0.05) is 11.4 Å². The molecule has 0 unspecified atom stereocenters. The SMILES string of the molecule is COC(=O)c1cccc(CSCC(=O)Nc2c(C)cccc2C)c1. The van der Waals surface area contributed by atoms with Crippen LogP contribution >= 0.6 is 11.8 Å². The number of thioether (sulfide) groups is 1. The molecule has 0 bridgehead atoms. The first-order valence-electron chi connectivity index (χ1n) is 7.62. The number of methoxy groups -OCH3 is 1. The number of esters is 1. The van der Waals surface area contributed by atoms with Crippen molar-refractivity contribution < 1.29 is 14.3 Å². The molecule has 2 aromatic rings. The second kappa shape index (κ2) is 8.55. The topological polar surface area (TPSA) is 55.4 Å². The number of benzene rings is 2. The smallest absolute Gasteiger partial charge is 0.337 e. The molecule has 0 saturated heterocycles. The molecule has 2 rings (SSSR count). The summed E-state index contributed by atoms with van der Waals surface area (Å²) < 4.78 is 4.71. The van der Waals surface area contributed by atoms with Crippen LogP contribution in [0.15, 0.2) is 42.5 Å². The van der Waals surface area contributed by atoms with Crippen molar-refractivity contribution in [3.05, 3.63) is 64.7 Å². The lowest BCUT2D eigenvalue weighted by Gasteiger charge is -2.11. The minimum atomic E-state index is -0.352. The molecule has 1 N–H and O–H groups in total. The van der Waals surface area contributed by atoms with Crippen molar-refractivity contribution in [1.82, 2.24) is 0 Å². The van der Waals surface area contributed by atoms with Gasteiger partial charge in [0.15, 0.2) is 0 Å². The minimum absolute atomic E-state index is 0.0264. The van der Waals surface area contributed by atoms with Crippen molar-refractivity contribution in [1.29, 1.82) is 0 Å². The molecule has 0 atom stereocenters. The Balaban J connectivity index is 1.88. The van der Waals surface area contributed by atoms with Gasteiger partial charge in [0.25, 0.3) is 0 Å². The van der Waals surface area contributed by atoms with Gasteiger partial charge in [0.1, 0.15) is 0 Å². The fourth-order valence-electron chi connectivity index (χ4n) is 2.35. The molecule has 0 fully saturated rings. The molecular weight excluding hydrogens is 322 g/mol. The molecule has 0 aliphatic heterocycles. The van der Waals surface area contributed by atoms with Gasteiger partial charge in [0.2, 0.25) is 5.91 Å². The number of hydrogen-bond acceptors (Lipinski definition) is 4. The lowest BCUT2D eigenvalue weighted by molar-refractivity contribution is -0.113. The first-order valence-corrected chi connectivity index (χ1v) is 8.78. The van der Waals surface area contributed by atoms with E-state index < -0.39 is 0 Å². The molecule has 0 aliphatic carbocycles. The van der Waals surface area contributed by atoms with Crippen LogP contribution in [0.5, 0.6) is 0 Å². The highest BCUT2D eigenvalue weighted by atomic mass is 32.2. The van der Waals surface area contributed by atoms with Gasteiger partial charge in [-0.15, -0.1) is 11.8 Å². The molecule has 0 aromatic heterocycles. The molecule has 126 valence electrons. The second-order valence-corrected chi connectivity index (χ2v) is 6.49. The number of ether oxygens (including phenoxy) is 1. The zero-order valence-electron chi connectivity index (χ0n) is 14.1. The molecule has 4 nitrogen and oxygen atoms in total. The summed E-state index contributed by atoms with van der Waals surface area (Å²) in [6, 6.07) is 13.2. The van der Waals surface area contributed by atoms with Crippen molar-refractivity contribution in [3.63, 3.8) is 0 Å². The van der Waals surface area contributed by atoms with Crippen LogP contribution in [0.2, 0.25) is 0 Å². The Morgan fingerprint density at radius 1 is 1.08 bits per heavy atom. The Morgan fingerprint density at radius 2 is 1.75 bits per heavy atom. The number of nitrogens with one attached hydrogen (secondary N) is 1. The third-order valence-corrected chi connectivity index (χ3v) is 4.60. The maximum Gasteiger partial charge on any atom is 0.337 e. The Hall–Kier alpha value is -2.27. The molecule has 0 radical (unpaired) electrons. The van der Waals surface area contributed by atoms with Crippen LogP contribution in [0.3, 0.4) is 0 Å². The normalized spacial score (nSPS) is 10.3. The van der Waals surface area contributed by atoms with Crippen LogP contribution in [0, 0.1) is 13.8 Å². The van der Waals surface area contributed by atoms with Crippen LogP contribution < -0.4 is 5.32 Å². The number of rotatable bonds is 6. The van der Waals surface area contributed by atoms with E-state index in [1.807, 2.05) is 44.2 Å². The quantitative estimate of drug-likeness (QED) is 0.807. The van der Waals surface area contributed by atoms with Crippen LogP contribution in [-0.2, 0) is 15.3 Å². The lowest BCUT2D eigenvalue weighted by Crippen LogP contribution is -2.15. The largest absolute Gasteiger partial charge is 0.465 e. The number of amides is 1. The first kappa shape index (κ1) is 18.1. The highest BCUT2D eigenvalue weighted by Gasteiger charge is 2.09. The zero-order chi connectivity index (χ0) is 17.5. The number of carbonyl (C=O) groups excluding carboxylic acids is 2. The predicted octanol–water partition coefficient (Wildman–Crippen LogP) is 3.96. The number of hydrogen-bond donors (Lipinski definition) is 1. The fourth-order valence-corrected chi connectivity index (χ4v) is 3.13. The third-order valence-electron chi connectivity index (χ3n) is 3.60. The molecule has 0 aliphatic rings. The maximum atomic E-state index is 12.1. The number of para-hydroxylation sites is 1. The fraction of sp³-hybridized carbons (Fsp3) is 0.263. The van der Waals surface area contributed by atoms with E-state index >= 15 is 0 Å². The second-order valence-electron chi connectivity index (χ2n) is 5.50. The van der Waals surface area contributed by atoms with Crippen LogP contribution in [0.4, 0.5) is 5.69 Å². The van der Waals surface area contributed by atoms with Gasteiger partial charge in [-0.1, -0.05) is 30.3 Å². The number of anilines is 1. The van der Waals surface area contributed by atoms with E-state index in [1.165, 1.54) is 18.9 Å². The molecule has 24 heavy (non-hydrogen) atoms.